The van der Waals surface area contributed by atoms with Gasteiger partial charge in [0.05, 0.1) is 16.3 Å². The fourth-order valence-corrected chi connectivity index (χ4v) is 4.17. The smallest absolute Gasteiger partial charge is 0.295 e. The number of hydrogen-bond acceptors (Lipinski definition) is 9. The number of phenolic OH excluding ortho intramolecular Hbond substituents is 1. The first kappa shape index (κ1) is 24.7. The number of nitrogens with zero attached hydrogens (tertiary/aromatic N) is 3. The average Bonchev–Trinajstić information content (AvgIpc) is 2.76. The number of non-ortho nitro benzene ring substituents is 1. The number of rotatable bonds is 7. The Morgan fingerprint density at radius 3 is 1.74 bits per heavy atom. The molecule has 0 saturated heterocycles. The molecular weight excluding hydrogens is 490 g/mol. The van der Waals surface area contributed by atoms with Gasteiger partial charge in [-0.15, -0.1) is 0 Å². The summed E-state index contributed by atoms with van der Waals surface area (Å²) in [6.07, 6.45) is 2.24. The van der Waals surface area contributed by atoms with E-state index in [1.54, 1.807) is 0 Å². The maximum atomic E-state index is 11.9. The van der Waals surface area contributed by atoms with Crippen molar-refractivity contribution in [3.63, 3.8) is 0 Å². The zero-order valence-corrected chi connectivity index (χ0v) is 18.5. The Balaban J connectivity index is 2.02. The molecule has 0 radical (unpaired) electrons. The number of phenols is 1. The summed E-state index contributed by atoms with van der Waals surface area (Å²) in [6, 6.07) is 12.1. The summed E-state index contributed by atoms with van der Waals surface area (Å²) < 4.78 is 66.1. The van der Waals surface area contributed by atoms with Gasteiger partial charge in [0.2, 0.25) is 0 Å². The zero-order valence-electron chi connectivity index (χ0n) is 16.9. The van der Waals surface area contributed by atoms with Gasteiger partial charge in [0.15, 0.2) is 0 Å². The number of nitro benzene ring substituents is 1. The van der Waals surface area contributed by atoms with Gasteiger partial charge in [-0.25, -0.2) is 0 Å². The largest absolute Gasteiger partial charge is 0.508 e. The van der Waals surface area contributed by atoms with Crippen molar-refractivity contribution in [3.8, 4) is 5.75 Å². The molecule has 0 fully saturated rings. The molecule has 3 rings (SSSR count). The summed E-state index contributed by atoms with van der Waals surface area (Å²) in [7, 11) is -9.59. The second kappa shape index (κ2) is 9.48. The number of hydrogen-bond donors (Lipinski definition) is 3. The summed E-state index contributed by atoms with van der Waals surface area (Å²) in [6.45, 7) is 0. The molecule has 34 heavy (non-hydrogen) atoms. The van der Waals surface area contributed by atoms with Crippen LogP contribution in [-0.4, -0.2) is 36.0 Å². The highest BCUT2D eigenvalue weighted by Crippen LogP contribution is 2.28. The summed E-state index contributed by atoms with van der Waals surface area (Å²) in [5.74, 6) is 0.0222. The van der Waals surface area contributed by atoms with Crippen LogP contribution in [0.5, 0.6) is 5.75 Å². The summed E-state index contributed by atoms with van der Waals surface area (Å²) >= 11 is 0. The molecule has 176 valence electrons. The van der Waals surface area contributed by atoms with E-state index in [0.717, 1.165) is 30.4 Å². The molecule has 0 amide bonds. The van der Waals surface area contributed by atoms with Crippen molar-refractivity contribution in [2.24, 2.45) is 10.2 Å². The van der Waals surface area contributed by atoms with Gasteiger partial charge >= 0.3 is 0 Å². The van der Waals surface area contributed by atoms with Crippen LogP contribution in [0.4, 0.5) is 17.1 Å². The third kappa shape index (κ3) is 6.08. The van der Waals surface area contributed by atoms with E-state index in [0.29, 0.717) is 11.8 Å². The van der Waals surface area contributed by atoms with Crippen molar-refractivity contribution in [2.75, 3.05) is 0 Å². The van der Waals surface area contributed by atoms with E-state index < -0.39 is 40.6 Å². The third-order valence-corrected chi connectivity index (χ3v) is 6.15. The molecule has 0 heterocycles. The SMILES string of the molecule is O=[N+]([O-])c1ccc(/C=C\c2ccc(N=Nc3ccc(O)cc3)cc2S(=O)(=O)O)c(S(=O)(=O)O)c1. The minimum atomic E-state index is -4.84. The molecular formula is C20H15N3O9S2. The van der Waals surface area contributed by atoms with Crippen LogP contribution in [0.2, 0.25) is 0 Å². The Hall–Kier alpha value is -3.98. The van der Waals surface area contributed by atoms with E-state index in [2.05, 4.69) is 10.2 Å². The van der Waals surface area contributed by atoms with Gasteiger partial charge in [-0.2, -0.15) is 27.1 Å². The average molecular weight is 505 g/mol. The first-order valence-corrected chi connectivity index (χ1v) is 12.0. The van der Waals surface area contributed by atoms with Crippen LogP contribution in [-0.2, 0) is 20.2 Å². The minimum absolute atomic E-state index is 0.0222. The van der Waals surface area contributed by atoms with Gasteiger partial charge in [-0.1, -0.05) is 18.2 Å². The lowest BCUT2D eigenvalue weighted by Crippen LogP contribution is -2.02. The van der Waals surface area contributed by atoms with E-state index >= 15 is 0 Å². The topological polar surface area (TPSA) is 197 Å². The highest BCUT2D eigenvalue weighted by atomic mass is 32.2. The number of aromatic hydroxyl groups is 1. The van der Waals surface area contributed by atoms with E-state index in [-0.39, 0.29) is 22.6 Å². The molecule has 3 aromatic rings. The van der Waals surface area contributed by atoms with Crippen LogP contribution in [0.3, 0.4) is 0 Å². The molecule has 0 aromatic heterocycles. The fourth-order valence-electron chi connectivity index (χ4n) is 2.76. The predicted molar refractivity (Wildman–Crippen MR) is 120 cm³/mol. The molecule has 0 aliphatic rings. The number of nitro groups is 1. The molecule has 0 unspecified atom stereocenters. The van der Waals surface area contributed by atoms with Gasteiger partial charge in [-0.3, -0.25) is 19.2 Å². The molecule has 14 heteroatoms. The third-order valence-electron chi connectivity index (χ3n) is 4.33. The Kier molecular flexibility index (Phi) is 6.88. The lowest BCUT2D eigenvalue weighted by molar-refractivity contribution is -0.385. The quantitative estimate of drug-likeness (QED) is 0.137. The van der Waals surface area contributed by atoms with E-state index in [1.165, 1.54) is 36.4 Å². The van der Waals surface area contributed by atoms with E-state index in [9.17, 15) is 41.2 Å². The van der Waals surface area contributed by atoms with Gasteiger partial charge < -0.3 is 5.11 Å². The standard InChI is InChI=1S/C20H15N3O9S2/c24-18-9-6-15(7-10-18)21-22-16-5-3-13(19(11-16)33(27,28)29)1-2-14-4-8-17(23(25)26)12-20(14)34(30,31)32/h1-12,24H,(H,27,28,29)(H,30,31,32)/b2-1-,22-21?. The molecule has 12 nitrogen and oxygen atoms in total. The molecule has 0 aliphatic carbocycles. The highest BCUT2D eigenvalue weighted by molar-refractivity contribution is 7.86. The minimum Gasteiger partial charge on any atom is -0.508 e. The Morgan fingerprint density at radius 2 is 1.21 bits per heavy atom. The maximum absolute atomic E-state index is 11.9. The predicted octanol–water partition coefficient (Wildman–Crippen LogP) is 4.38. The van der Waals surface area contributed by atoms with Crippen molar-refractivity contribution < 1.29 is 36.0 Å². The van der Waals surface area contributed by atoms with Crippen LogP contribution in [0.15, 0.2) is 80.7 Å². The molecule has 0 aliphatic heterocycles. The second-order valence-corrected chi connectivity index (χ2v) is 9.48. The van der Waals surface area contributed by atoms with Crippen LogP contribution >= 0.6 is 0 Å². The van der Waals surface area contributed by atoms with Gasteiger partial charge in [0.1, 0.15) is 15.5 Å². The number of azo groups is 1. The molecule has 0 saturated carbocycles. The Bertz CT molecular complexity index is 1530. The summed E-state index contributed by atoms with van der Waals surface area (Å²) in [5, 5.41) is 28.0. The maximum Gasteiger partial charge on any atom is 0.295 e. The summed E-state index contributed by atoms with van der Waals surface area (Å²) in [4.78, 5) is 8.74. The molecule has 0 bridgehead atoms. The van der Waals surface area contributed by atoms with Gasteiger partial charge in [0.25, 0.3) is 25.9 Å². The van der Waals surface area contributed by atoms with Crippen molar-refractivity contribution >= 4 is 49.5 Å². The van der Waals surface area contributed by atoms with Crippen LogP contribution in [0, 0.1) is 10.1 Å². The van der Waals surface area contributed by atoms with E-state index in [4.69, 9.17) is 0 Å². The zero-order chi connectivity index (χ0) is 25.1. The second-order valence-electron chi connectivity index (χ2n) is 6.70. The Morgan fingerprint density at radius 1 is 0.735 bits per heavy atom. The first-order chi connectivity index (χ1) is 15.8. The van der Waals surface area contributed by atoms with Gasteiger partial charge in [0, 0.05) is 12.1 Å². The van der Waals surface area contributed by atoms with Crippen LogP contribution < -0.4 is 0 Å². The first-order valence-electron chi connectivity index (χ1n) is 9.11. The Labute approximate surface area is 193 Å². The van der Waals surface area contributed by atoms with Crippen molar-refractivity contribution in [2.45, 2.75) is 9.79 Å². The molecule has 0 atom stereocenters. The van der Waals surface area contributed by atoms with Crippen LogP contribution in [0.25, 0.3) is 12.2 Å². The van der Waals surface area contributed by atoms with E-state index in [1.807, 2.05) is 0 Å². The van der Waals surface area contributed by atoms with Crippen molar-refractivity contribution in [1.29, 1.82) is 0 Å². The fraction of sp³-hybridized carbons (Fsp3) is 0. The van der Waals surface area contributed by atoms with Crippen molar-refractivity contribution in [3.05, 3.63) is 81.9 Å². The molecule has 3 aromatic carbocycles. The monoisotopic (exact) mass is 505 g/mol. The van der Waals surface area contributed by atoms with Gasteiger partial charge in [-0.05, 0) is 53.6 Å². The lowest BCUT2D eigenvalue weighted by Gasteiger charge is -2.06. The highest BCUT2D eigenvalue weighted by Gasteiger charge is 2.20. The van der Waals surface area contributed by atoms with Crippen LogP contribution in [0.1, 0.15) is 11.1 Å². The number of benzene rings is 3. The molecule has 0 spiro atoms. The van der Waals surface area contributed by atoms with Crippen molar-refractivity contribution in [1.82, 2.24) is 0 Å². The molecule has 3 N–H and O–H groups in total. The summed E-state index contributed by atoms with van der Waals surface area (Å²) in [5.41, 5.74) is -0.374. The lowest BCUT2D eigenvalue weighted by atomic mass is 10.1. The normalized spacial score (nSPS) is 12.4.